The van der Waals surface area contributed by atoms with Gasteiger partial charge in [-0.1, -0.05) is 6.07 Å². The van der Waals surface area contributed by atoms with E-state index in [0.717, 1.165) is 22.0 Å². The molecule has 0 saturated carbocycles. The molecule has 3 aromatic rings. The van der Waals surface area contributed by atoms with Gasteiger partial charge in [-0.15, -0.1) is 11.3 Å². The fraction of sp³-hybridized carbons (Fsp3) is 0.125. The lowest BCUT2D eigenvalue weighted by molar-refractivity contribution is 0.393. The minimum atomic E-state index is -0.249. The van der Waals surface area contributed by atoms with Gasteiger partial charge in [-0.25, -0.2) is 14.4 Å². The molecule has 2 heterocycles. The molecule has 0 aliphatic carbocycles. The third-order valence-electron chi connectivity index (χ3n) is 3.12. The van der Waals surface area contributed by atoms with E-state index in [2.05, 4.69) is 15.3 Å². The Hall–Kier alpha value is -2.47. The average molecular weight is 315 g/mol. The van der Waals surface area contributed by atoms with Crippen LogP contribution in [0.5, 0.6) is 5.88 Å². The Morgan fingerprint density at radius 1 is 1.23 bits per heavy atom. The van der Waals surface area contributed by atoms with Crippen LogP contribution < -0.4 is 10.1 Å². The van der Waals surface area contributed by atoms with Crippen LogP contribution in [0.1, 0.15) is 5.56 Å². The van der Waals surface area contributed by atoms with E-state index < -0.39 is 0 Å². The molecule has 0 fully saturated rings. The van der Waals surface area contributed by atoms with Crippen LogP contribution in [0.4, 0.5) is 9.52 Å². The first kappa shape index (κ1) is 14.5. The predicted molar refractivity (Wildman–Crippen MR) is 85.6 cm³/mol. The molecule has 2 aromatic heterocycles. The Labute approximate surface area is 131 Å². The zero-order valence-corrected chi connectivity index (χ0v) is 12.7. The lowest BCUT2D eigenvalue weighted by Crippen LogP contribution is -2.02. The van der Waals surface area contributed by atoms with Gasteiger partial charge in [-0.2, -0.15) is 0 Å². The molecule has 0 aliphatic heterocycles. The molecule has 0 radical (unpaired) electrons. The highest BCUT2D eigenvalue weighted by Gasteiger charge is 2.07. The Bertz CT molecular complexity index is 758. The summed E-state index contributed by atoms with van der Waals surface area (Å²) in [5.41, 5.74) is 2.68. The van der Waals surface area contributed by atoms with E-state index in [9.17, 15) is 4.39 Å². The molecule has 0 atom stereocenters. The molecule has 22 heavy (non-hydrogen) atoms. The number of aromatic nitrogens is 2. The number of halogens is 1. The van der Waals surface area contributed by atoms with Gasteiger partial charge in [0.1, 0.15) is 5.82 Å². The minimum Gasteiger partial charge on any atom is -0.481 e. The van der Waals surface area contributed by atoms with E-state index >= 15 is 0 Å². The molecule has 0 aliphatic rings. The second kappa shape index (κ2) is 6.53. The summed E-state index contributed by atoms with van der Waals surface area (Å²) in [5, 5.41) is 5.99. The van der Waals surface area contributed by atoms with Gasteiger partial charge in [0.15, 0.2) is 5.13 Å². The van der Waals surface area contributed by atoms with E-state index in [1.165, 1.54) is 23.5 Å². The normalized spacial score (nSPS) is 10.5. The van der Waals surface area contributed by atoms with Gasteiger partial charge in [-0.3, -0.25) is 0 Å². The Morgan fingerprint density at radius 3 is 2.82 bits per heavy atom. The van der Waals surface area contributed by atoms with Crippen LogP contribution >= 0.6 is 11.3 Å². The molecule has 6 heteroatoms. The molecule has 3 rings (SSSR count). The summed E-state index contributed by atoms with van der Waals surface area (Å²) in [6.07, 6.45) is 1.69. The van der Waals surface area contributed by atoms with E-state index in [4.69, 9.17) is 4.74 Å². The third kappa shape index (κ3) is 3.23. The fourth-order valence-corrected chi connectivity index (χ4v) is 2.74. The zero-order chi connectivity index (χ0) is 15.4. The zero-order valence-electron chi connectivity index (χ0n) is 11.9. The SMILES string of the molecule is COc1ncccc1CNc1nc(-c2ccc(F)cc2)cs1. The summed E-state index contributed by atoms with van der Waals surface area (Å²) in [6, 6.07) is 10.1. The van der Waals surface area contributed by atoms with Crippen molar-refractivity contribution in [1.82, 2.24) is 9.97 Å². The average Bonchev–Trinajstić information content (AvgIpc) is 3.03. The molecule has 0 amide bonds. The quantitative estimate of drug-likeness (QED) is 0.774. The van der Waals surface area contributed by atoms with Gasteiger partial charge in [0, 0.05) is 29.2 Å². The maximum absolute atomic E-state index is 12.9. The van der Waals surface area contributed by atoms with Crippen molar-refractivity contribution in [2.24, 2.45) is 0 Å². The number of anilines is 1. The van der Waals surface area contributed by atoms with Crippen molar-refractivity contribution >= 4 is 16.5 Å². The number of benzene rings is 1. The van der Waals surface area contributed by atoms with Crippen LogP contribution in [-0.4, -0.2) is 17.1 Å². The number of hydrogen-bond donors (Lipinski definition) is 1. The lowest BCUT2D eigenvalue weighted by atomic mass is 10.2. The molecule has 1 N–H and O–H groups in total. The number of pyridine rings is 1. The second-order valence-electron chi connectivity index (χ2n) is 4.57. The molecule has 0 bridgehead atoms. The van der Waals surface area contributed by atoms with Crippen molar-refractivity contribution in [3.63, 3.8) is 0 Å². The van der Waals surface area contributed by atoms with Crippen molar-refractivity contribution in [3.8, 4) is 17.1 Å². The molecule has 0 unspecified atom stereocenters. The van der Waals surface area contributed by atoms with E-state index in [0.29, 0.717) is 12.4 Å². The first-order chi connectivity index (χ1) is 10.8. The molecule has 0 spiro atoms. The van der Waals surface area contributed by atoms with Gasteiger partial charge in [0.05, 0.1) is 12.8 Å². The number of methoxy groups -OCH3 is 1. The molecular formula is C16H14FN3OS. The van der Waals surface area contributed by atoms with Crippen molar-refractivity contribution in [1.29, 1.82) is 0 Å². The molecule has 112 valence electrons. The molecule has 4 nitrogen and oxygen atoms in total. The van der Waals surface area contributed by atoms with Crippen LogP contribution in [0.15, 0.2) is 48.0 Å². The Morgan fingerprint density at radius 2 is 2.05 bits per heavy atom. The number of hydrogen-bond acceptors (Lipinski definition) is 5. The fourth-order valence-electron chi connectivity index (χ4n) is 2.02. The largest absolute Gasteiger partial charge is 0.481 e. The smallest absolute Gasteiger partial charge is 0.218 e. The standard InChI is InChI=1S/C16H14FN3OS/c1-21-15-12(3-2-8-18-15)9-19-16-20-14(10-22-16)11-4-6-13(17)7-5-11/h2-8,10H,9H2,1H3,(H,19,20). The van der Waals surface area contributed by atoms with E-state index in [-0.39, 0.29) is 5.82 Å². The second-order valence-corrected chi connectivity index (χ2v) is 5.43. The summed E-state index contributed by atoms with van der Waals surface area (Å²) in [6.45, 7) is 0.577. The first-order valence-corrected chi connectivity index (χ1v) is 7.57. The van der Waals surface area contributed by atoms with Crippen LogP contribution in [0.2, 0.25) is 0 Å². The van der Waals surface area contributed by atoms with Crippen molar-refractivity contribution in [2.75, 3.05) is 12.4 Å². The van der Waals surface area contributed by atoms with E-state index in [1.807, 2.05) is 17.5 Å². The maximum Gasteiger partial charge on any atom is 0.218 e. The van der Waals surface area contributed by atoms with E-state index in [1.54, 1.807) is 25.4 Å². The van der Waals surface area contributed by atoms with Gasteiger partial charge >= 0.3 is 0 Å². The Kier molecular flexibility index (Phi) is 4.29. The summed E-state index contributed by atoms with van der Waals surface area (Å²) in [4.78, 5) is 8.66. The maximum atomic E-state index is 12.9. The van der Waals surface area contributed by atoms with Crippen molar-refractivity contribution in [3.05, 3.63) is 59.4 Å². The van der Waals surface area contributed by atoms with Gasteiger partial charge in [0.25, 0.3) is 0 Å². The molecular weight excluding hydrogens is 301 g/mol. The summed E-state index contributed by atoms with van der Waals surface area (Å²) in [7, 11) is 1.60. The summed E-state index contributed by atoms with van der Waals surface area (Å²) in [5.74, 6) is 0.353. The third-order valence-corrected chi connectivity index (χ3v) is 3.92. The number of rotatable bonds is 5. The van der Waals surface area contributed by atoms with Crippen LogP contribution in [0.25, 0.3) is 11.3 Å². The minimum absolute atomic E-state index is 0.249. The number of nitrogens with one attached hydrogen (secondary N) is 1. The van der Waals surface area contributed by atoms with Crippen LogP contribution in [-0.2, 0) is 6.54 Å². The van der Waals surface area contributed by atoms with Gasteiger partial charge in [0.2, 0.25) is 5.88 Å². The van der Waals surface area contributed by atoms with Crippen molar-refractivity contribution in [2.45, 2.75) is 6.54 Å². The summed E-state index contributed by atoms with van der Waals surface area (Å²) < 4.78 is 18.2. The van der Waals surface area contributed by atoms with Crippen LogP contribution in [0, 0.1) is 5.82 Å². The predicted octanol–water partition coefficient (Wildman–Crippen LogP) is 3.96. The number of ether oxygens (including phenoxy) is 1. The molecule has 1 aromatic carbocycles. The number of thiazole rings is 1. The van der Waals surface area contributed by atoms with Crippen LogP contribution in [0.3, 0.4) is 0 Å². The number of nitrogens with zero attached hydrogens (tertiary/aromatic N) is 2. The lowest BCUT2D eigenvalue weighted by Gasteiger charge is -2.07. The Balaban J connectivity index is 1.71. The highest BCUT2D eigenvalue weighted by atomic mass is 32.1. The highest BCUT2D eigenvalue weighted by molar-refractivity contribution is 7.14. The van der Waals surface area contributed by atoms with Gasteiger partial charge in [-0.05, 0) is 30.3 Å². The topological polar surface area (TPSA) is 47.0 Å². The van der Waals surface area contributed by atoms with Gasteiger partial charge < -0.3 is 10.1 Å². The first-order valence-electron chi connectivity index (χ1n) is 6.69. The summed E-state index contributed by atoms with van der Waals surface area (Å²) >= 11 is 1.50. The molecule has 0 saturated heterocycles. The monoisotopic (exact) mass is 315 g/mol. The highest BCUT2D eigenvalue weighted by Crippen LogP contribution is 2.26. The van der Waals surface area contributed by atoms with Crippen molar-refractivity contribution < 1.29 is 9.13 Å².